The van der Waals surface area contributed by atoms with Gasteiger partial charge in [0.1, 0.15) is 35.2 Å². The van der Waals surface area contributed by atoms with Crippen LogP contribution in [0.2, 0.25) is 19.1 Å². The third kappa shape index (κ3) is 9.52. The van der Waals surface area contributed by atoms with E-state index in [1.807, 2.05) is 67.3 Å². The molecule has 3 aliphatic heterocycles. The van der Waals surface area contributed by atoms with Crippen molar-refractivity contribution in [1.82, 2.24) is 40.4 Å². The lowest BCUT2D eigenvalue weighted by atomic mass is 9.90. The molecule has 7 rings (SSSR count). The minimum atomic E-state index is -1.80. The van der Waals surface area contributed by atoms with E-state index in [9.17, 15) is 19.2 Å². The van der Waals surface area contributed by atoms with Crippen molar-refractivity contribution in [3.05, 3.63) is 72.6 Å². The molecular formula is C43H56N8O8Si. The van der Waals surface area contributed by atoms with E-state index in [-0.39, 0.29) is 35.7 Å². The third-order valence-electron chi connectivity index (χ3n) is 11.8. The highest BCUT2D eigenvalue weighted by Gasteiger charge is 2.47. The quantitative estimate of drug-likeness (QED) is 0.113. The Kier molecular flexibility index (Phi) is 12.9. The molecule has 0 unspecified atom stereocenters. The second kappa shape index (κ2) is 18.3. The predicted molar refractivity (Wildman–Crippen MR) is 226 cm³/mol. The monoisotopic (exact) mass is 840 g/mol. The van der Waals surface area contributed by atoms with Crippen LogP contribution in [-0.4, -0.2) is 114 Å². The van der Waals surface area contributed by atoms with Gasteiger partial charge >= 0.3 is 12.2 Å². The molecule has 4 aromatic rings. The van der Waals surface area contributed by atoms with Crippen LogP contribution in [0.25, 0.3) is 22.5 Å². The highest BCUT2D eigenvalue weighted by molar-refractivity contribution is 6.78. The van der Waals surface area contributed by atoms with Crippen molar-refractivity contribution >= 4 is 32.1 Å². The lowest BCUT2D eigenvalue weighted by molar-refractivity contribution is -0.136. The molecule has 0 saturated carbocycles. The number of aromatic nitrogens is 4. The molecule has 4 atom stereocenters. The van der Waals surface area contributed by atoms with Gasteiger partial charge in [-0.25, -0.2) is 19.6 Å². The first-order chi connectivity index (χ1) is 28.8. The SMILES string of the molecule is COC(=O)N[C@H](C(=O)N1CCC[C@H]1c1ncc(-c2cccc(Oc3ccc(-c4cnc([C@@H]5C[Si](C)(C)CN5C(=O)[C@@H](NC(=O)OC)C5CCOCC5)[nH]4)cc3)c2)[nH]1)C(C)C. The van der Waals surface area contributed by atoms with Crippen molar-refractivity contribution in [3.8, 4) is 34.0 Å². The van der Waals surface area contributed by atoms with E-state index in [0.29, 0.717) is 56.1 Å². The van der Waals surface area contributed by atoms with E-state index in [0.717, 1.165) is 47.2 Å². The number of hydrogen-bond donors (Lipinski definition) is 4. The molecule has 3 aliphatic rings. The van der Waals surface area contributed by atoms with Crippen molar-refractivity contribution in [1.29, 1.82) is 0 Å². The molecule has 2 aromatic carbocycles. The minimum absolute atomic E-state index is 0.0421. The van der Waals surface area contributed by atoms with Gasteiger partial charge in [0.05, 0.1) is 58.2 Å². The Hall–Kier alpha value is -5.68. The Bertz CT molecular complexity index is 2150. The molecule has 320 valence electrons. The smallest absolute Gasteiger partial charge is 0.407 e. The number of carbonyl (C=O) groups is 4. The van der Waals surface area contributed by atoms with E-state index in [2.05, 4.69) is 38.7 Å². The van der Waals surface area contributed by atoms with Crippen LogP contribution in [0.1, 0.15) is 63.3 Å². The molecular weight excluding hydrogens is 785 g/mol. The fourth-order valence-corrected chi connectivity index (χ4v) is 11.5. The van der Waals surface area contributed by atoms with Gasteiger partial charge in [0.25, 0.3) is 0 Å². The summed E-state index contributed by atoms with van der Waals surface area (Å²) in [5.74, 6) is 2.28. The summed E-state index contributed by atoms with van der Waals surface area (Å²) in [7, 11) is 0.798. The number of carbonyl (C=O) groups excluding carboxylic acids is 4. The molecule has 4 N–H and O–H groups in total. The second-order valence-corrected chi connectivity index (χ2v) is 22.0. The molecule has 5 heterocycles. The van der Waals surface area contributed by atoms with Gasteiger partial charge in [-0.05, 0) is 85.5 Å². The molecule has 60 heavy (non-hydrogen) atoms. The Morgan fingerprint density at radius 2 is 1.45 bits per heavy atom. The molecule has 2 aromatic heterocycles. The number of aromatic amines is 2. The van der Waals surface area contributed by atoms with Crippen LogP contribution in [0.3, 0.4) is 0 Å². The first-order valence-corrected chi connectivity index (χ1v) is 24.1. The first-order valence-electron chi connectivity index (χ1n) is 20.7. The van der Waals surface area contributed by atoms with Crippen LogP contribution in [0.15, 0.2) is 60.9 Å². The average Bonchev–Trinajstić information content (AvgIpc) is 4.08. The number of amides is 4. The lowest BCUT2D eigenvalue weighted by Gasteiger charge is -2.34. The number of nitrogens with zero attached hydrogens (tertiary/aromatic N) is 4. The van der Waals surface area contributed by atoms with Crippen LogP contribution < -0.4 is 15.4 Å². The zero-order chi connectivity index (χ0) is 42.6. The molecule has 0 bridgehead atoms. The number of benzene rings is 2. The average molecular weight is 841 g/mol. The highest BCUT2D eigenvalue weighted by atomic mass is 28.3. The van der Waals surface area contributed by atoms with Gasteiger partial charge < -0.3 is 49.3 Å². The summed E-state index contributed by atoms with van der Waals surface area (Å²) in [4.78, 5) is 72.3. The summed E-state index contributed by atoms with van der Waals surface area (Å²) < 4.78 is 21.5. The van der Waals surface area contributed by atoms with E-state index >= 15 is 0 Å². The summed E-state index contributed by atoms with van der Waals surface area (Å²) in [5.41, 5.74) is 3.41. The van der Waals surface area contributed by atoms with Gasteiger partial charge in [-0.1, -0.05) is 39.1 Å². The van der Waals surface area contributed by atoms with Gasteiger partial charge in [0, 0.05) is 31.5 Å². The Balaban J connectivity index is 1.02. The van der Waals surface area contributed by atoms with Crippen LogP contribution in [-0.2, 0) is 23.8 Å². The van der Waals surface area contributed by atoms with E-state index < -0.39 is 32.3 Å². The number of likely N-dealkylation sites (tertiary alicyclic amines) is 1. The lowest BCUT2D eigenvalue weighted by Crippen LogP contribution is -2.53. The fourth-order valence-electron chi connectivity index (χ4n) is 8.60. The largest absolute Gasteiger partial charge is 0.457 e. The molecule has 17 heteroatoms. The maximum Gasteiger partial charge on any atom is 0.407 e. The summed E-state index contributed by atoms with van der Waals surface area (Å²) in [5, 5.41) is 5.53. The van der Waals surface area contributed by atoms with Crippen LogP contribution >= 0.6 is 0 Å². The molecule has 0 radical (unpaired) electrons. The summed E-state index contributed by atoms with van der Waals surface area (Å²) in [6.07, 6.45) is 5.94. The maximum atomic E-state index is 14.2. The van der Waals surface area contributed by atoms with E-state index in [1.54, 1.807) is 17.3 Å². The topological polar surface area (TPSA) is 193 Å². The molecule has 0 aliphatic carbocycles. The molecule has 0 spiro atoms. The van der Waals surface area contributed by atoms with Gasteiger partial charge in [-0.15, -0.1) is 0 Å². The third-order valence-corrected chi connectivity index (χ3v) is 14.5. The number of hydrogen-bond acceptors (Lipinski definition) is 10. The van der Waals surface area contributed by atoms with Gasteiger partial charge in [-0.2, -0.15) is 0 Å². The summed E-state index contributed by atoms with van der Waals surface area (Å²) in [6, 6.07) is 14.4. The standard InChI is InChI=1S/C43H56N8O8Si/c1-26(2)36(48-42(54)56-3)40(52)50-18-8-11-34(50)38-44-23-33(47-38)29-9-7-10-31(21-29)59-30-14-12-27(13-15-30)32-22-45-39(46-32)35-24-60(5,6)25-51(35)41(53)37(49-43(55)57-4)28-16-19-58-20-17-28/h7,9-10,12-15,21-23,26,28,34-37H,8,11,16-20,24-25H2,1-6H3,(H,44,47)(H,45,46)(H,48,54)(H,49,55)/t34-,35-,36-,37-/m0/s1. The number of rotatable bonds is 12. The van der Waals surface area contributed by atoms with Crippen molar-refractivity contribution in [2.24, 2.45) is 11.8 Å². The number of imidazole rings is 2. The number of alkyl carbamates (subject to hydrolysis) is 2. The Morgan fingerprint density at radius 1 is 0.800 bits per heavy atom. The number of ether oxygens (including phenoxy) is 4. The van der Waals surface area contributed by atoms with Crippen molar-refractivity contribution in [2.75, 3.05) is 40.1 Å². The number of methoxy groups -OCH3 is 2. The minimum Gasteiger partial charge on any atom is -0.457 e. The van der Waals surface area contributed by atoms with Gasteiger partial charge in [0.15, 0.2) is 0 Å². The van der Waals surface area contributed by atoms with Gasteiger partial charge in [-0.3, -0.25) is 9.59 Å². The van der Waals surface area contributed by atoms with Crippen molar-refractivity contribution in [2.45, 2.75) is 82.8 Å². The van der Waals surface area contributed by atoms with E-state index in [4.69, 9.17) is 23.9 Å². The van der Waals surface area contributed by atoms with E-state index in [1.165, 1.54) is 14.2 Å². The predicted octanol–water partition coefficient (Wildman–Crippen LogP) is 6.59. The van der Waals surface area contributed by atoms with Crippen molar-refractivity contribution in [3.63, 3.8) is 0 Å². The fraction of sp³-hybridized carbons (Fsp3) is 0.488. The summed E-state index contributed by atoms with van der Waals surface area (Å²) >= 11 is 0. The van der Waals surface area contributed by atoms with Gasteiger partial charge in [0.2, 0.25) is 11.8 Å². The highest BCUT2D eigenvalue weighted by Crippen LogP contribution is 2.39. The molecule has 16 nitrogen and oxygen atoms in total. The van der Waals surface area contributed by atoms with Crippen LogP contribution in [0, 0.1) is 11.8 Å². The zero-order valence-corrected chi connectivity index (χ0v) is 36.2. The molecule has 3 fully saturated rings. The first kappa shape index (κ1) is 42.4. The maximum absolute atomic E-state index is 14.2. The van der Waals surface area contributed by atoms with Crippen molar-refractivity contribution < 1.29 is 38.1 Å². The molecule has 3 saturated heterocycles. The Labute approximate surface area is 351 Å². The second-order valence-electron chi connectivity index (χ2n) is 17.0. The summed E-state index contributed by atoms with van der Waals surface area (Å²) in [6.45, 7) is 10.0. The zero-order valence-electron chi connectivity index (χ0n) is 35.2. The Morgan fingerprint density at radius 3 is 2.12 bits per heavy atom. The number of H-pyrrole nitrogens is 2. The molecule has 4 amide bonds. The van der Waals surface area contributed by atoms with Crippen LogP contribution in [0.5, 0.6) is 11.5 Å². The number of nitrogens with one attached hydrogen (secondary N) is 4. The normalized spacial score (nSPS) is 20.1. The van der Waals surface area contributed by atoms with Crippen LogP contribution in [0.4, 0.5) is 9.59 Å².